The van der Waals surface area contributed by atoms with E-state index in [1.54, 1.807) is 7.11 Å². The molecular formula is C47H52F2N8O. The second-order valence-electron chi connectivity index (χ2n) is 15.3. The number of anilines is 2. The first-order valence-corrected chi connectivity index (χ1v) is 20.5. The van der Waals surface area contributed by atoms with Gasteiger partial charge in [-0.2, -0.15) is 0 Å². The van der Waals surface area contributed by atoms with Gasteiger partial charge in [0.05, 0.1) is 42.3 Å². The van der Waals surface area contributed by atoms with Crippen LogP contribution in [-0.4, -0.2) is 75.9 Å². The Kier molecular flexibility index (Phi) is 12.6. The van der Waals surface area contributed by atoms with E-state index >= 15 is 0 Å². The number of aromatic nitrogens is 4. The average molecular weight is 783 g/mol. The third-order valence-corrected chi connectivity index (χ3v) is 11.3. The van der Waals surface area contributed by atoms with Crippen molar-refractivity contribution >= 4 is 34.0 Å². The summed E-state index contributed by atoms with van der Waals surface area (Å²) >= 11 is 0. The molecule has 3 N–H and O–H groups in total. The van der Waals surface area contributed by atoms with Gasteiger partial charge < -0.3 is 34.7 Å². The topological polar surface area (TPSA) is 84.2 Å². The Labute approximate surface area is 339 Å². The third kappa shape index (κ3) is 9.84. The second-order valence-corrected chi connectivity index (χ2v) is 15.3. The zero-order valence-electron chi connectivity index (χ0n) is 33.1. The highest BCUT2D eigenvalue weighted by molar-refractivity contribution is 5.79. The molecule has 9 nitrogen and oxygen atoms in total. The SMILES string of the molecule is COc1ccc(CCN2CCC(Nc3nc4ccccc4n3Cc3ccc(F)cc3)CC2)cc1.Fc1ccc(Cn2c(NC3CCNCC3)nc3ccccc32)cc1. The van der Waals surface area contributed by atoms with Crippen molar-refractivity contribution in [3.05, 3.63) is 150 Å². The van der Waals surface area contributed by atoms with Crippen LogP contribution in [-0.2, 0) is 19.5 Å². The Morgan fingerprint density at radius 1 is 0.603 bits per heavy atom. The van der Waals surface area contributed by atoms with Gasteiger partial charge >= 0.3 is 0 Å². The molecule has 0 spiro atoms. The van der Waals surface area contributed by atoms with Crippen molar-refractivity contribution in [2.24, 2.45) is 0 Å². The number of piperidine rings is 2. The minimum Gasteiger partial charge on any atom is -0.497 e. The molecule has 9 rings (SSSR count). The summed E-state index contributed by atoms with van der Waals surface area (Å²) in [6, 6.07) is 38.9. The molecule has 2 aromatic heterocycles. The molecule has 0 radical (unpaired) electrons. The van der Waals surface area contributed by atoms with Crippen LogP contribution in [0.4, 0.5) is 20.7 Å². The van der Waals surface area contributed by atoms with Gasteiger partial charge in [0.2, 0.25) is 11.9 Å². The molecular weight excluding hydrogens is 731 g/mol. The lowest BCUT2D eigenvalue weighted by Crippen LogP contribution is -2.40. The van der Waals surface area contributed by atoms with Crippen molar-refractivity contribution < 1.29 is 13.5 Å². The van der Waals surface area contributed by atoms with E-state index in [1.165, 1.54) is 29.8 Å². The number of methoxy groups -OCH3 is 1. The van der Waals surface area contributed by atoms with E-state index < -0.39 is 0 Å². The normalized spacial score (nSPS) is 15.3. The number of rotatable bonds is 12. The first-order chi connectivity index (χ1) is 28.5. The number of para-hydroxylation sites is 4. The highest BCUT2D eigenvalue weighted by Gasteiger charge is 2.22. The maximum Gasteiger partial charge on any atom is 0.204 e. The van der Waals surface area contributed by atoms with E-state index in [9.17, 15) is 8.78 Å². The van der Waals surface area contributed by atoms with Gasteiger partial charge in [-0.05, 0) is 123 Å². The fourth-order valence-corrected chi connectivity index (χ4v) is 7.95. The minimum atomic E-state index is -0.212. The van der Waals surface area contributed by atoms with Crippen LogP contribution < -0.4 is 20.7 Å². The number of nitrogens with one attached hydrogen (secondary N) is 3. The fourth-order valence-electron chi connectivity index (χ4n) is 7.95. The lowest BCUT2D eigenvalue weighted by atomic mass is 10.0. The molecule has 7 aromatic rings. The standard InChI is InChI=1S/C28H31FN4O.C19H21FN4/c1-34-25-12-8-21(9-13-25)14-17-32-18-15-24(16-19-32)30-28-31-26-4-2-3-5-27(26)33(28)20-22-6-10-23(29)11-7-22;20-15-7-5-14(6-8-15)13-24-18-4-2-1-3-17(18)23-19(24)22-16-9-11-21-12-10-16/h2-13,24H,14-20H2,1H3,(H,30,31);1-8,16,21H,9-13H2,(H,22,23). The maximum absolute atomic E-state index is 13.4. The van der Waals surface area contributed by atoms with Crippen LogP contribution in [0, 0.1) is 11.6 Å². The van der Waals surface area contributed by atoms with Gasteiger partial charge in [0.1, 0.15) is 17.4 Å². The zero-order chi connectivity index (χ0) is 39.7. The van der Waals surface area contributed by atoms with E-state index in [0.717, 1.165) is 116 Å². The van der Waals surface area contributed by atoms with Gasteiger partial charge in [-0.1, -0.05) is 60.7 Å². The number of benzene rings is 5. The third-order valence-electron chi connectivity index (χ3n) is 11.3. The molecule has 300 valence electrons. The van der Waals surface area contributed by atoms with Crippen LogP contribution in [0.25, 0.3) is 22.1 Å². The van der Waals surface area contributed by atoms with Crippen LogP contribution >= 0.6 is 0 Å². The molecule has 2 saturated heterocycles. The predicted octanol–water partition coefficient (Wildman–Crippen LogP) is 8.74. The van der Waals surface area contributed by atoms with Crippen molar-refractivity contribution in [3.63, 3.8) is 0 Å². The molecule has 58 heavy (non-hydrogen) atoms. The molecule has 0 bridgehead atoms. The number of fused-ring (bicyclic) bond motifs is 2. The van der Waals surface area contributed by atoms with Crippen LogP contribution in [0.2, 0.25) is 0 Å². The highest BCUT2D eigenvalue weighted by Crippen LogP contribution is 2.26. The molecule has 0 amide bonds. The summed E-state index contributed by atoms with van der Waals surface area (Å²) in [6.45, 7) is 6.63. The summed E-state index contributed by atoms with van der Waals surface area (Å²) in [6.07, 6.45) is 5.42. The number of halogens is 2. The molecule has 4 heterocycles. The summed E-state index contributed by atoms with van der Waals surface area (Å²) in [5.41, 5.74) is 7.61. The van der Waals surface area contributed by atoms with Gasteiger partial charge in [-0.25, -0.2) is 18.7 Å². The Bertz CT molecular complexity index is 2360. The Balaban J connectivity index is 0.000000172. The van der Waals surface area contributed by atoms with Crippen LogP contribution in [0.15, 0.2) is 121 Å². The minimum absolute atomic E-state index is 0.206. The van der Waals surface area contributed by atoms with E-state index in [2.05, 4.69) is 54.2 Å². The largest absolute Gasteiger partial charge is 0.497 e. The van der Waals surface area contributed by atoms with Gasteiger partial charge in [-0.15, -0.1) is 0 Å². The fraction of sp³-hybridized carbons (Fsp3) is 0.319. The molecule has 2 fully saturated rings. The summed E-state index contributed by atoms with van der Waals surface area (Å²) < 4.78 is 36.2. The first kappa shape index (κ1) is 39.1. The predicted molar refractivity (Wildman–Crippen MR) is 230 cm³/mol. The summed E-state index contributed by atoms with van der Waals surface area (Å²) in [5, 5.41) is 10.7. The second kappa shape index (κ2) is 18.7. The Hall–Kier alpha value is -5.78. The van der Waals surface area contributed by atoms with E-state index in [1.807, 2.05) is 72.8 Å². The molecule has 0 saturated carbocycles. The van der Waals surface area contributed by atoms with Crippen molar-refractivity contribution in [2.45, 2.75) is 57.3 Å². The van der Waals surface area contributed by atoms with Crippen molar-refractivity contribution in [2.75, 3.05) is 50.5 Å². The molecule has 5 aromatic carbocycles. The van der Waals surface area contributed by atoms with Gasteiger partial charge in [0.15, 0.2) is 0 Å². The van der Waals surface area contributed by atoms with Crippen LogP contribution in [0.5, 0.6) is 5.75 Å². The van der Waals surface area contributed by atoms with E-state index in [4.69, 9.17) is 14.7 Å². The molecule has 0 unspecified atom stereocenters. The molecule has 11 heteroatoms. The molecule has 0 atom stereocenters. The number of hydrogen-bond acceptors (Lipinski definition) is 7. The smallest absolute Gasteiger partial charge is 0.204 e. The summed E-state index contributed by atoms with van der Waals surface area (Å²) in [5.74, 6) is 2.27. The number of imidazole rings is 2. The van der Waals surface area contributed by atoms with E-state index in [-0.39, 0.29) is 11.6 Å². The van der Waals surface area contributed by atoms with Crippen LogP contribution in [0.3, 0.4) is 0 Å². The van der Waals surface area contributed by atoms with Crippen LogP contribution in [0.1, 0.15) is 42.4 Å². The molecule has 2 aliphatic rings. The lowest BCUT2D eigenvalue weighted by Gasteiger charge is -2.32. The highest BCUT2D eigenvalue weighted by atomic mass is 19.1. The molecule has 2 aliphatic heterocycles. The van der Waals surface area contributed by atoms with E-state index in [0.29, 0.717) is 25.2 Å². The monoisotopic (exact) mass is 782 g/mol. The van der Waals surface area contributed by atoms with Gasteiger partial charge in [0, 0.05) is 31.7 Å². The van der Waals surface area contributed by atoms with Crippen molar-refractivity contribution in [1.29, 1.82) is 0 Å². The quantitative estimate of drug-likeness (QED) is 0.114. The Morgan fingerprint density at radius 3 is 1.57 bits per heavy atom. The van der Waals surface area contributed by atoms with Gasteiger partial charge in [0.25, 0.3) is 0 Å². The average Bonchev–Trinajstić information content (AvgIpc) is 3.79. The summed E-state index contributed by atoms with van der Waals surface area (Å²) in [4.78, 5) is 12.2. The first-order valence-electron chi connectivity index (χ1n) is 20.5. The van der Waals surface area contributed by atoms with Crippen molar-refractivity contribution in [1.82, 2.24) is 29.3 Å². The number of hydrogen-bond donors (Lipinski definition) is 3. The number of ether oxygens (including phenoxy) is 1. The lowest BCUT2D eigenvalue weighted by molar-refractivity contribution is 0.221. The van der Waals surface area contributed by atoms with Gasteiger partial charge in [-0.3, -0.25) is 0 Å². The Morgan fingerprint density at radius 2 is 1.07 bits per heavy atom. The van der Waals surface area contributed by atoms with Crippen molar-refractivity contribution in [3.8, 4) is 5.75 Å². The number of likely N-dealkylation sites (tertiary alicyclic amines) is 1. The molecule has 0 aliphatic carbocycles. The number of nitrogens with zero attached hydrogens (tertiary/aromatic N) is 5. The zero-order valence-corrected chi connectivity index (χ0v) is 33.1. The summed E-state index contributed by atoms with van der Waals surface area (Å²) in [7, 11) is 1.70. The maximum atomic E-state index is 13.4.